The van der Waals surface area contributed by atoms with E-state index < -0.39 is 5.97 Å². The molecule has 0 aliphatic rings. The van der Waals surface area contributed by atoms with E-state index in [0.29, 0.717) is 0 Å². The monoisotopic (exact) mass is 340 g/mol. The van der Waals surface area contributed by atoms with E-state index >= 15 is 0 Å². The van der Waals surface area contributed by atoms with E-state index in [2.05, 4.69) is 6.92 Å². The SMILES string of the molecule is CCCCCCCCCCCCCCCCCCC(CC)C(=O)O. The van der Waals surface area contributed by atoms with Crippen molar-refractivity contribution in [2.75, 3.05) is 0 Å². The van der Waals surface area contributed by atoms with Crippen molar-refractivity contribution in [1.29, 1.82) is 0 Å². The van der Waals surface area contributed by atoms with Crippen molar-refractivity contribution in [3.8, 4) is 0 Å². The Morgan fingerprint density at radius 2 is 0.958 bits per heavy atom. The maximum Gasteiger partial charge on any atom is 0.306 e. The van der Waals surface area contributed by atoms with Crippen molar-refractivity contribution in [2.24, 2.45) is 5.92 Å². The molecular formula is C22H44O2. The van der Waals surface area contributed by atoms with Crippen LogP contribution in [0.5, 0.6) is 0 Å². The quantitative estimate of drug-likeness (QED) is 0.244. The molecule has 0 rings (SSSR count). The number of aliphatic carboxylic acids is 1. The predicted octanol–water partition coefficient (Wildman–Crippen LogP) is 7.75. The first-order valence-electron chi connectivity index (χ1n) is 10.9. The number of hydrogen-bond donors (Lipinski definition) is 1. The highest BCUT2D eigenvalue weighted by Crippen LogP contribution is 2.16. The summed E-state index contributed by atoms with van der Waals surface area (Å²) in [5.41, 5.74) is 0. The zero-order chi connectivity index (χ0) is 17.9. The number of hydrogen-bond acceptors (Lipinski definition) is 1. The molecule has 0 heterocycles. The van der Waals surface area contributed by atoms with E-state index in [1.807, 2.05) is 6.92 Å². The lowest BCUT2D eigenvalue weighted by Crippen LogP contribution is -2.12. The number of unbranched alkanes of at least 4 members (excludes halogenated alkanes) is 15. The summed E-state index contributed by atoms with van der Waals surface area (Å²) in [4.78, 5) is 10.9. The van der Waals surface area contributed by atoms with Gasteiger partial charge in [0.25, 0.3) is 0 Å². The summed E-state index contributed by atoms with van der Waals surface area (Å²) in [6, 6.07) is 0. The maximum absolute atomic E-state index is 10.9. The lowest BCUT2D eigenvalue weighted by Gasteiger charge is -2.08. The number of rotatable bonds is 19. The molecule has 0 amide bonds. The second-order valence-corrected chi connectivity index (χ2v) is 7.54. The third-order valence-corrected chi connectivity index (χ3v) is 5.25. The highest BCUT2D eigenvalue weighted by atomic mass is 16.4. The van der Waals surface area contributed by atoms with Crippen LogP contribution in [-0.4, -0.2) is 11.1 Å². The van der Waals surface area contributed by atoms with E-state index in [1.54, 1.807) is 0 Å². The third-order valence-electron chi connectivity index (χ3n) is 5.25. The standard InChI is InChI=1S/C22H44O2/c1-3-5-6-7-8-9-10-11-12-13-14-15-16-17-18-19-20-21(4-2)22(23)24/h21H,3-20H2,1-2H3,(H,23,24). The Morgan fingerprint density at radius 3 is 1.25 bits per heavy atom. The van der Waals surface area contributed by atoms with Crippen molar-refractivity contribution >= 4 is 5.97 Å². The first kappa shape index (κ1) is 23.5. The van der Waals surface area contributed by atoms with E-state index in [9.17, 15) is 4.79 Å². The molecule has 0 aromatic heterocycles. The van der Waals surface area contributed by atoms with Gasteiger partial charge in [-0.25, -0.2) is 0 Å². The molecule has 0 saturated heterocycles. The van der Waals surface area contributed by atoms with Gasteiger partial charge in [0.05, 0.1) is 5.92 Å². The Kier molecular flexibility index (Phi) is 18.4. The van der Waals surface area contributed by atoms with Crippen LogP contribution in [0.15, 0.2) is 0 Å². The van der Waals surface area contributed by atoms with Crippen molar-refractivity contribution in [2.45, 2.75) is 129 Å². The first-order chi connectivity index (χ1) is 11.7. The van der Waals surface area contributed by atoms with Crippen LogP contribution in [0.2, 0.25) is 0 Å². The van der Waals surface area contributed by atoms with Crippen LogP contribution in [0.3, 0.4) is 0 Å². The Balaban J connectivity index is 3.11. The molecule has 0 aliphatic carbocycles. The zero-order valence-electron chi connectivity index (χ0n) is 16.7. The van der Waals surface area contributed by atoms with E-state index in [0.717, 1.165) is 19.3 Å². The lowest BCUT2D eigenvalue weighted by molar-refractivity contribution is -0.142. The van der Waals surface area contributed by atoms with Crippen molar-refractivity contribution in [3.05, 3.63) is 0 Å². The normalized spacial score (nSPS) is 12.4. The minimum Gasteiger partial charge on any atom is -0.481 e. The second-order valence-electron chi connectivity index (χ2n) is 7.54. The predicted molar refractivity (Wildman–Crippen MR) is 106 cm³/mol. The van der Waals surface area contributed by atoms with E-state index in [4.69, 9.17) is 5.11 Å². The summed E-state index contributed by atoms with van der Waals surface area (Å²) in [7, 11) is 0. The van der Waals surface area contributed by atoms with Crippen LogP contribution in [0.4, 0.5) is 0 Å². The van der Waals surface area contributed by atoms with Gasteiger partial charge in [-0.3, -0.25) is 4.79 Å². The summed E-state index contributed by atoms with van der Waals surface area (Å²) < 4.78 is 0. The van der Waals surface area contributed by atoms with Gasteiger partial charge in [-0.2, -0.15) is 0 Å². The molecule has 144 valence electrons. The van der Waals surface area contributed by atoms with Crippen LogP contribution >= 0.6 is 0 Å². The summed E-state index contributed by atoms with van der Waals surface area (Å²) in [6.07, 6.45) is 23.5. The minimum atomic E-state index is -0.613. The van der Waals surface area contributed by atoms with Gasteiger partial charge in [0, 0.05) is 0 Å². The summed E-state index contributed by atoms with van der Waals surface area (Å²) in [6.45, 7) is 4.26. The van der Waals surface area contributed by atoms with Crippen LogP contribution in [0.25, 0.3) is 0 Å². The lowest BCUT2D eigenvalue weighted by atomic mass is 9.98. The van der Waals surface area contributed by atoms with E-state index in [1.165, 1.54) is 96.3 Å². The van der Waals surface area contributed by atoms with Gasteiger partial charge >= 0.3 is 5.97 Å². The molecule has 0 spiro atoms. The fraction of sp³-hybridized carbons (Fsp3) is 0.955. The molecule has 0 saturated carbocycles. The molecule has 0 aliphatic heterocycles. The van der Waals surface area contributed by atoms with Gasteiger partial charge in [-0.15, -0.1) is 0 Å². The van der Waals surface area contributed by atoms with Crippen molar-refractivity contribution in [3.63, 3.8) is 0 Å². The van der Waals surface area contributed by atoms with Gasteiger partial charge in [-0.05, 0) is 12.8 Å². The smallest absolute Gasteiger partial charge is 0.306 e. The van der Waals surface area contributed by atoms with E-state index in [-0.39, 0.29) is 5.92 Å². The van der Waals surface area contributed by atoms with Crippen LogP contribution < -0.4 is 0 Å². The number of carboxylic acids is 1. The highest BCUT2D eigenvalue weighted by molar-refractivity contribution is 5.69. The highest BCUT2D eigenvalue weighted by Gasteiger charge is 2.13. The minimum absolute atomic E-state index is 0.114. The fourth-order valence-corrected chi connectivity index (χ4v) is 3.44. The Morgan fingerprint density at radius 1 is 0.625 bits per heavy atom. The molecule has 0 aromatic carbocycles. The molecule has 0 aromatic rings. The maximum atomic E-state index is 10.9. The topological polar surface area (TPSA) is 37.3 Å². The van der Waals surface area contributed by atoms with Crippen LogP contribution in [0, 0.1) is 5.92 Å². The number of carboxylic acid groups (broad SMARTS) is 1. The zero-order valence-corrected chi connectivity index (χ0v) is 16.7. The fourth-order valence-electron chi connectivity index (χ4n) is 3.44. The molecule has 1 atom stereocenters. The van der Waals surface area contributed by atoms with Crippen LogP contribution in [-0.2, 0) is 4.79 Å². The molecular weight excluding hydrogens is 296 g/mol. The van der Waals surface area contributed by atoms with Gasteiger partial charge in [0.2, 0.25) is 0 Å². The van der Waals surface area contributed by atoms with Gasteiger partial charge < -0.3 is 5.11 Å². The van der Waals surface area contributed by atoms with Crippen molar-refractivity contribution < 1.29 is 9.90 Å². The second kappa shape index (κ2) is 18.8. The summed E-state index contributed by atoms with van der Waals surface area (Å²) in [5, 5.41) is 9.00. The molecule has 2 heteroatoms. The largest absolute Gasteiger partial charge is 0.481 e. The molecule has 0 fully saturated rings. The number of carbonyl (C=O) groups is 1. The summed E-state index contributed by atoms with van der Waals surface area (Å²) in [5.74, 6) is -0.727. The van der Waals surface area contributed by atoms with Crippen molar-refractivity contribution in [1.82, 2.24) is 0 Å². The third kappa shape index (κ3) is 16.3. The van der Waals surface area contributed by atoms with Gasteiger partial charge in [0.15, 0.2) is 0 Å². The first-order valence-corrected chi connectivity index (χ1v) is 10.9. The Bertz CT molecular complexity index is 263. The Hall–Kier alpha value is -0.530. The molecule has 1 unspecified atom stereocenters. The molecule has 0 radical (unpaired) electrons. The molecule has 24 heavy (non-hydrogen) atoms. The average Bonchev–Trinajstić information content (AvgIpc) is 2.57. The molecule has 2 nitrogen and oxygen atoms in total. The average molecular weight is 341 g/mol. The summed E-state index contributed by atoms with van der Waals surface area (Å²) >= 11 is 0. The Labute approximate surface area is 151 Å². The molecule has 0 bridgehead atoms. The van der Waals surface area contributed by atoms with Crippen LogP contribution in [0.1, 0.15) is 129 Å². The molecule has 1 N–H and O–H groups in total. The van der Waals surface area contributed by atoms with Gasteiger partial charge in [0.1, 0.15) is 0 Å². The van der Waals surface area contributed by atoms with Gasteiger partial charge in [-0.1, -0.05) is 117 Å².